The minimum absolute atomic E-state index is 0.551. The molecule has 2 heterocycles. The van der Waals surface area contributed by atoms with Gasteiger partial charge in [-0.1, -0.05) is 18.2 Å². The lowest BCUT2D eigenvalue weighted by Crippen LogP contribution is -1.93. The van der Waals surface area contributed by atoms with Crippen LogP contribution in [0.1, 0.15) is 0 Å². The Kier molecular flexibility index (Phi) is 1.83. The summed E-state index contributed by atoms with van der Waals surface area (Å²) in [4.78, 5) is 8.66. The van der Waals surface area contributed by atoms with Crippen LogP contribution in [0, 0.1) is 0 Å². The molecule has 0 radical (unpaired) electrons. The summed E-state index contributed by atoms with van der Waals surface area (Å²) in [6, 6.07) is 7.80. The summed E-state index contributed by atoms with van der Waals surface area (Å²) in [6.45, 7) is 0. The lowest BCUT2D eigenvalue weighted by molar-refractivity contribution is 1.07. The van der Waals surface area contributed by atoms with Crippen molar-refractivity contribution in [2.24, 2.45) is 0 Å². The van der Waals surface area contributed by atoms with Crippen LogP contribution >= 0.6 is 0 Å². The molecule has 2 aromatic heterocycles. The van der Waals surface area contributed by atoms with E-state index in [1.807, 2.05) is 24.3 Å². The maximum atomic E-state index is 5.74. The average molecular weight is 211 g/mol. The number of para-hydroxylation sites is 1. The standard InChI is InChI=1S/C11H9N5/c12-8-6-14-16-10(8)11-13-5-7-3-1-2-4-9(7)15-11/h1-6H,12H2,(H,14,16). The van der Waals surface area contributed by atoms with Gasteiger partial charge in [0, 0.05) is 11.6 Å². The van der Waals surface area contributed by atoms with Crippen LogP contribution in [0.25, 0.3) is 22.4 Å². The third-order valence-corrected chi connectivity index (χ3v) is 2.38. The fraction of sp³-hybridized carbons (Fsp3) is 0. The summed E-state index contributed by atoms with van der Waals surface area (Å²) in [5.41, 5.74) is 7.84. The molecule has 3 aromatic rings. The number of anilines is 1. The van der Waals surface area contributed by atoms with Gasteiger partial charge in [-0.05, 0) is 6.07 Å². The van der Waals surface area contributed by atoms with E-state index in [2.05, 4.69) is 20.2 Å². The Bertz CT molecular complexity index is 643. The molecule has 78 valence electrons. The van der Waals surface area contributed by atoms with E-state index in [0.29, 0.717) is 17.2 Å². The normalized spacial score (nSPS) is 10.8. The Balaban J connectivity index is 2.23. The van der Waals surface area contributed by atoms with Crippen LogP contribution in [-0.2, 0) is 0 Å². The topological polar surface area (TPSA) is 80.5 Å². The van der Waals surface area contributed by atoms with E-state index in [-0.39, 0.29) is 0 Å². The van der Waals surface area contributed by atoms with Gasteiger partial charge in [0.2, 0.25) is 0 Å². The fourth-order valence-corrected chi connectivity index (χ4v) is 1.57. The lowest BCUT2D eigenvalue weighted by atomic mass is 10.2. The largest absolute Gasteiger partial charge is 0.396 e. The zero-order valence-electron chi connectivity index (χ0n) is 8.38. The fourth-order valence-electron chi connectivity index (χ4n) is 1.57. The zero-order valence-corrected chi connectivity index (χ0v) is 8.38. The van der Waals surface area contributed by atoms with Gasteiger partial charge in [-0.3, -0.25) is 5.10 Å². The molecule has 5 heteroatoms. The highest BCUT2D eigenvalue weighted by Gasteiger charge is 2.07. The van der Waals surface area contributed by atoms with Crippen molar-refractivity contribution in [3.8, 4) is 11.5 Å². The minimum atomic E-state index is 0.551. The molecule has 0 bridgehead atoms. The predicted molar refractivity (Wildman–Crippen MR) is 61.5 cm³/mol. The molecule has 0 spiro atoms. The first-order valence-corrected chi connectivity index (χ1v) is 4.85. The molecule has 0 aliphatic heterocycles. The van der Waals surface area contributed by atoms with E-state index in [0.717, 1.165) is 10.9 Å². The second-order valence-electron chi connectivity index (χ2n) is 3.45. The first-order valence-electron chi connectivity index (χ1n) is 4.85. The number of rotatable bonds is 1. The zero-order chi connectivity index (χ0) is 11.0. The molecule has 0 amide bonds. The van der Waals surface area contributed by atoms with Crippen LogP contribution in [-0.4, -0.2) is 20.2 Å². The van der Waals surface area contributed by atoms with Crippen molar-refractivity contribution in [1.29, 1.82) is 0 Å². The van der Waals surface area contributed by atoms with Crippen molar-refractivity contribution in [1.82, 2.24) is 20.2 Å². The molecule has 16 heavy (non-hydrogen) atoms. The molecule has 0 fully saturated rings. The summed E-state index contributed by atoms with van der Waals surface area (Å²) in [5, 5.41) is 7.64. The summed E-state index contributed by atoms with van der Waals surface area (Å²) in [7, 11) is 0. The van der Waals surface area contributed by atoms with Crippen molar-refractivity contribution in [2.45, 2.75) is 0 Å². The molecule has 3 N–H and O–H groups in total. The van der Waals surface area contributed by atoms with Crippen molar-refractivity contribution >= 4 is 16.6 Å². The quantitative estimate of drug-likeness (QED) is 0.640. The molecule has 0 atom stereocenters. The number of hydrogen-bond donors (Lipinski definition) is 2. The third kappa shape index (κ3) is 1.30. The lowest BCUT2D eigenvalue weighted by Gasteiger charge is -2.00. The minimum Gasteiger partial charge on any atom is -0.396 e. The van der Waals surface area contributed by atoms with Crippen molar-refractivity contribution in [3.05, 3.63) is 36.7 Å². The highest BCUT2D eigenvalue weighted by Crippen LogP contribution is 2.20. The molecular weight excluding hydrogens is 202 g/mol. The van der Waals surface area contributed by atoms with Crippen LogP contribution in [0.2, 0.25) is 0 Å². The molecule has 0 unspecified atom stereocenters. The maximum absolute atomic E-state index is 5.74. The van der Waals surface area contributed by atoms with E-state index in [4.69, 9.17) is 5.73 Å². The number of aromatic amines is 1. The Labute approximate surface area is 91.3 Å². The van der Waals surface area contributed by atoms with Gasteiger partial charge in [0.1, 0.15) is 5.69 Å². The van der Waals surface area contributed by atoms with E-state index >= 15 is 0 Å². The van der Waals surface area contributed by atoms with Gasteiger partial charge in [-0.15, -0.1) is 0 Å². The van der Waals surface area contributed by atoms with E-state index < -0.39 is 0 Å². The van der Waals surface area contributed by atoms with Crippen LogP contribution in [0.4, 0.5) is 5.69 Å². The number of aromatic nitrogens is 4. The highest BCUT2D eigenvalue weighted by atomic mass is 15.1. The second-order valence-corrected chi connectivity index (χ2v) is 3.45. The summed E-state index contributed by atoms with van der Waals surface area (Å²) >= 11 is 0. The van der Waals surface area contributed by atoms with Crippen molar-refractivity contribution in [3.63, 3.8) is 0 Å². The van der Waals surface area contributed by atoms with Crippen LogP contribution in [0.3, 0.4) is 0 Å². The Morgan fingerprint density at radius 1 is 1.12 bits per heavy atom. The summed E-state index contributed by atoms with van der Waals surface area (Å²) in [6.07, 6.45) is 3.33. The highest BCUT2D eigenvalue weighted by molar-refractivity contribution is 5.80. The molecule has 1 aromatic carbocycles. The Morgan fingerprint density at radius 3 is 2.81 bits per heavy atom. The first kappa shape index (κ1) is 8.84. The number of nitrogens with two attached hydrogens (primary N) is 1. The maximum Gasteiger partial charge on any atom is 0.180 e. The van der Waals surface area contributed by atoms with E-state index in [1.54, 1.807) is 12.4 Å². The van der Waals surface area contributed by atoms with Gasteiger partial charge < -0.3 is 5.73 Å². The van der Waals surface area contributed by atoms with E-state index in [1.165, 1.54) is 0 Å². The number of benzene rings is 1. The second kappa shape index (κ2) is 3.30. The van der Waals surface area contributed by atoms with Crippen LogP contribution in [0.5, 0.6) is 0 Å². The number of fused-ring (bicyclic) bond motifs is 1. The number of nitrogen functional groups attached to an aromatic ring is 1. The van der Waals surface area contributed by atoms with Gasteiger partial charge in [0.25, 0.3) is 0 Å². The Morgan fingerprint density at radius 2 is 2.00 bits per heavy atom. The predicted octanol–water partition coefficient (Wildman–Crippen LogP) is 1.60. The van der Waals surface area contributed by atoms with E-state index in [9.17, 15) is 0 Å². The molecule has 0 saturated heterocycles. The number of nitrogens with one attached hydrogen (secondary N) is 1. The van der Waals surface area contributed by atoms with Gasteiger partial charge in [0.15, 0.2) is 5.82 Å². The Hall–Kier alpha value is -2.43. The van der Waals surface area contributed by atoms with Crippen molar-refractivity contribution < 1.29 is 0 Å². The van der Waals surface area contributed by atoms with Gasteiger partial charge in [-0.25, -0.2) is 9.97 Å². The van der Waals surface area contributed by atoms with Crippen LogP contribution < -0.4 is 5.73 Å². The molecule has 5 nitrogen and oxygen atoms in total. The summed E-state index contributed by atoms with van der Waals surface area (Å²) < 4.78 is 0. The first-order chi connectivity index (χ1) is 7.84. The van der Waals surface area contributed by atoms with Crippen molar-refractivity contribution in [2.75, 3.05) is 5.73 Å². The SMILES string of the molecule is Nc1cn[nH]c1-c1ncc2ccccc2n1. The van der Waals surface area contributed by atoms with Gasteiger partial charge >= 0.3 is 0 Å². The third-order valence-electron chi connectivity index (χ3n) is 2.38. The number of nitrogens with zero attached hydrogens (tertiary/aromatic N) is 3. The molecule has 0 aliphatic carbocycles. The monoisotopic (exact) mass is 211 g/mol. The average Bonchev–Trinajstić information content (AvgIpc) is 2.75. The number of hydrogen-bond acceptors (Lipinski definition) is 4. The van der Waals surface area contributed by atoms with Crippen LogP contribution in [0.15, 0.2) is 36.7 Å². The van der Waals surface area contributed by atoms with Gasteiger partial charge in [0.05, 0.1) is 17.4 Å². The van der Waals surface area contributed by atoms with Gasteiger partial charge in [-0.2, -0.15) is 5.10 Å². The molecule has 3 rings (SSSR count). The molecule has 0 saturated carbocycles. The smallest absolute Gasteiger partial charge is 0.180 e. The number of H-pyrrole nitrogens is 1. The molecular formula is C11H9N5. The molecule has 0 aliphatic rings. The summed E-state index contributed by atoms with van der Waals surface area (Å²) in [5.74, 6) is 0.564.